The topological polar surface area (TPSA) is 0 Å². The summed E-state index contributed by atoms with van der Waals surface area (Å²) in [4.78, 5) is 0. The zero-order chi connectivity index (χ0) is 4.41. The van der Waals surface area contributed by atoms with Crippen molar-refractivity contribution in [2.75, 3.05) is 0 Å². The molecule has 0 N–H and O–H groups in total. The van der Waals surface area contributed by atoms with Crippen LogP contribution >= 0.6 is 0 Å². The third-order valence-corrected chi connectivity index (χ3v) is 1.48. The van der Waals surface area contributed by atoms with Crippen molar-refractivity contribution in [1.82, 2.24) is 0 Å². The molecule has 0 amide bonds. The monoisotopic (exact) mass is 303 g/mol. The molecule has 0 saturated carbocycles. The molecule has 0 radical (unpaired) electrons. The van der Waals surface area contributed by atoms with Gasteiger partial charge in [0.25, 0.3) is 0 Å². The van der Waals surface area contributed by atoms with Gasteiger partial charge >= 0.3 is 48.4 Å². The van der Waals surface area contributed by atoms with Gasteiger partial charge in [-0.3, -0.25) is 0 Å². The van der Waals surface area contributed by atoms with E-state index in [1.54, 1.807) is 0 Å². The zero-order valence-corrected chi connectivity index (χ0v) is 9.89. The van der Waals surface area contributed by atoms with E-state index in [0.29, 0.717) is 0 Å². The molecule has 0 aromatic carbocycles. The number of hydrogen-bond donors (Lipinski definition) is 0. The first-order valence-electron chi connectivity index (χ1n) is 1.92. The normalized spacial score (nSPS) is 11.2. The average Bonchev–Trinajstić information content (AvgIpc) is 1.86. The first-order chi connectivity index (χ1) is 2.89. The van der Waals surface area contributed by atoms with Gasteiger partial charge in [-0.2, -0.15) is 0 Å². The SMILES string of the molecule is [Cl-].[Cl-].[Cl-].[Cl-].[Mo+4][C]1=CC=CC1. The molecule has 0 unspecified atom stereocenters. The van der Waals surface area contributed by atoms with E-state index < -0.39 is 0 Å². The van der Waals surface area contributed by atoms with Crippen LogP contribution in [0.15, 0.2) is 22.2 Å². The summed E-state index contributed by atoms with van der Waals surface area (Å²) in [6, 6.07) is 0. The van der Waals surface area contributed by atoms with Crippen LogP contribution in [0, 0.1) is 0 Å². The summed E-state index contributed by atoms with van der Waals surface area (Å²) in [6.45, 7) is 0. The van der Waals surface area contributed by atoms with E-state index in [-0.39, 0.29) is 49.6 Å². The Morgan fingerprint density at radius 1 is 1.10 bits per heavy atom. The molecular formula is C5H5Cl4Mo. The Kier molecular flexibility index (Phi) is 29.2. The average molecular weight is 303 g/mol. The molecule has 0 heterocycles. The third kappa shape index (κ3) is 9.33. The maximum atomic E-state index is 2.16. The van der Waals surface area contributed by atoms with Gasteiger partial charge < -0.3 is 49.6 Å². The predicted molar refractivity (Wildman–Crippen MR) is 21.8 cm³/mol. The van der Waals surface area contributed by atoms with Gasteiger partial charge in [0.1, 0.15) is 0 Å². The molecule has 0 atom stereocenters. The number of halogens is 4. The van der Waals surface area contributed by atoms with Gasteiger partial charge in [-0.1, -0.05) is 0 Å². The minimum absolute atomic E-state index is 0. The van der Waals surface area contributed by atoms with Crippen molar-refractivity contribution < 1.29 is 69.4 Å². The first kappa shape index (κ1) is 22.5. The summed E-state index contributed by atoms with van der Waals surface area (Å²) in [7, 11) is 0. The zero-order valence-electron chi connectivity index (χ0n) is 4.86. The first-order valence-corrected chi connectivity index (χ1v) is 2.92. The number of rotatable bonds is 0. The van der Waals surface area contributed by atoms with Crippen LogP contribution in [0.1, 0.15) is 6.42 Å². The molecule has 0 bridgehead atoms. The van der Waals surface area contributed by atoms with Crippen LogP contribution in [0.5, 0.6) is 0 Å². The molecule has 1 rings (SSSR count). The summed E-state index contributed by atoms with van der Waals surface area (Å²) in [6.07, 6.45) is 7.57. The van der Waals surface area contributed by atoms with Crippen molar-refractivity contribution in [3.05, 3.63) is 22.2 Å². The second-order valence-electron chi connectivity index (χ2n) is 1.27. The van der Waals surface area contributed by atoms with Crippen LogP contribution in [-0.2, 0) is 19.8 Å². The van der Waals surface area contributed by atoms with Crippen LogP contribution < -0.4 is 49.6 Å². The van der Waals surface area contributed by atoms with Gasteiger partial charge in [-0.25, -0.2) is 0 Å². The van der Waals surface area contributed by atoms with E-state index in [0.717, 1.165) is 0 Å². The van der Waals surface area contributed by atoms with Crippen molar-refractivity contribution in [3.8, 4) is 0 Å². The third-order valence-electron chi connectivity index (χ3n) is 0.737. The Balaban J connectivity index is -0.0000000450. The van der Waals surface area contributed by atoms with Gasteiger partial charge in [0.2, 0.25) is 0 Å². The van der Waals surface area contributed by atoms with E-state index in [4.69, 9.17) is 0 Å². The number of hydrogen-bond acceptors (Lipinski definition) is 0. The van der Waals surface area contributed by atoms with Gasteiger partial charge in [0, 0.05) is 0 Å². The van der Waals surface area contributed by atoms with Gasteiger partial charge in [-0.05, 0) is 0 Å². The fourth-order valence-electron chi connectivity index (χ4n) is 0.428. The predicted octanol–water partition coefficient (Wildman–Crippen LogP) is -10.6. The molecule has 1 aliphatic carbocycles. The second-order valence-corrected chi connectivity index (χ2v) is 2.55. The fourth-order valence-corrected chi connectivity index (χ4v) is 0.857. The molecule has 10 heavy (non-hydrogen) atoms. The summed E-state index contributed by atoms with van der Waals surface area (Å²) in [5.74, 6) is 0. The summed E-state index contributed by atoms with van der Waals surface area (Å²) in [5.41, 5.74) is 0. The Labute approximate surface area is 97.4 Å². The Morgan fingerprint density at radius 2 is 1.60 bits per heavy atom. The standard InChI is InChI=1S/C5H5.4ClH.Mo/c1-2-4-5-3-1;;;;;/h1-3H,4H2;4*1H;/q;;;;;+4/p-4. The molecule has 0 nitrogen and oxygen atoms in total. The molecule has 1 aliphatic rings. The van der Waals surface area contributed by atoms with Crippen molar-refractivity contribution in [2.45, 2.75) is 6.42 Å². The Morgan fingerprint density at radius 3 is 1.70 bits per heavy atom. The summed E-state index contributed by atoms with van der Waals surface area (Å²) < 4.78 is 1.48. The van der Waals surface area contributed by atoms with E-state index >= 15 is 0 Å². The minimum atomic E-state index is 0. The van der Waals surface area contributed by atoms with E-state index in [1.165, 1.54) is 10.4 Å². The quantitative estimate of drug-likeness (QED) is 0.390. The molecule has 59 valence electrons. The van der Waals surface area contributed by atoms with Crippen molar-refractivity contribution in [1.29, 1.82) is 0 Å². The van der Waals surface area contributed by atoms with Gasteiger partial charge in [0.05, 0.1) is 0 Å². The molecule has 5 heteroatoms. The van der Waals surface area contributed by atoms with E-state index in [2.05, 4.69) is 38.0 Å². The number of allylic oxidation sites excluding steroid dienone is 4. The van der Waals surface area contributed by atoms with Crippen molar-refractivity contribution in [2.24, 2.45) is 0 Å². The molecule has 0 saturated heterocycles. The fraction of sp³-hybridized carbons (Fsp3) is 0.200. The van der Waals surface area contributed by atoms with Crippen LogP contribution in [0.3, 0.4) is 0 Å². The van der Waals surface area contributed by atoms with Crippen molar-refractivity contribution in [3.63, 3.8) is 0 Å². The molecule has 0 aromatic heterocycles. The van der Waals surface area contributed by atoms with Crippen LogP contribution in [-0.4, -0.2) is 0 Å². The molecular weight excluding hydrogens is 298 g/mol. The maximum absolute atomic E-state index is 2.16. The summed E-state index contributed by atoms with van der Waals surface area (Å²) in [5, 5.41) is 0. The molecule has 0 fully saturated rings. The van der Waals surface area contributed by atoms with E-state index in [9.17, 15) is 0 Å². The van der Waals surface area contributed by atoms with Crippen LogP contribution in [0.4, 0.5) is 0 Å². The van der Waals surface area contributed by atoms with Crippen molar-refractivity contribution >= 4 is 0 Å². The Hall–Kier alpha value is 1.33. The molecule has 0 aliphatic heterocycles. The van der Waals surface area contributed by atoms with Crippen LogP contribution in [0.2, 0.25) is 0 Å². The molecule has 0 spiro atoms. The van der Waals surface area contributed by atoms with Crippen LogP contribution in [0.25, 0.3) is 0 Å². The van der Waals surface area contributed by atoms with Gasteiger partial charge in [0.15, 0.2) is 0 Å². The van der Waals surface area contributed by atoms with Gasteiger partial charge in [-0.15, -0.1) is 0 Å². The Bertz CT molecular complexity index is 110. The van der Waals surface area contributed by atoms with E-state index in [1.807, 2.05) is 0 Å². The molecule has 0 aromatic rings. The summed E-state index contributed by atoms with van der Waals surface area (Å²) >= 11 is 2.07. The second kappa shape index (κ2) is 13.0.